The minimum absolute atomic E-state index is 0.126. The molecule has 0 aliphatic rings. The Labute approximate surface area is 115 Å². The van der Waals surface area contributed by atoms with Crippen LogP contribution in [0.1, 0.15) is 5.56 Å². The zero-order chi connectivity index (χ0) is 14.5. The van der Waals surface area contributed by atoms with Crippen molar-refractivity contribution < 1.29 is 20.1 Å². The Morgan fingerprint density at radius 2 is 1.75 bits per heavy atom. The van der Waals surface area contributed by atoms with Gasteiger partial charge in [-0.15, -0.1) is 5.11 Å². The maximum Gasteiger partial charge on any atom is 0.147 e. The Balaban J connectivity index is 2.30. The molecule has 2 aromatic rings. The normalized spacial score (nSPS) is 10.9. The Bertz CT molecular complexity index is 624. The van der Waals surface area contributed by atoms with Crippen LogP contribution in [-0.4, -0.2) is 22.4 Å². The third-order valence-electron chi connectivity index (χ3n) is 2.66. The molecule has 0 atom stereocenters. The van der Waals surface area contributed by atoms with Crippen LogP contribution in [0.25, 0.3) is 0 Å². The largest absolute Gasteiger partial charge is 0.508 e. The highest BCUT2D eigenvalue weighted by Crippen LogP contribution is 2.35. The van der Waals surface area contributed by atoms with Crippen LogP contribution >= 0.6 is 0 Å². The molecule has 2 aromatic carbocycles. The molecule has 20 heavy (non-hydrogen) atoms. The van der Waals surface area contributed by atoms with E-state index in [1.165, 1.54) is 6.07 Å². The summed E-state index contributed by atoms with van der Waals surface area (Å²) in [5, 5.41) is 36.1. The first-order chi connectivity index (χ1) is 9.63. The second-order valence-electron chi connectivity index (χ2n) is 4.03. The van der Waals surface area contributed by atoms with Gasteiger partial charge in [-0.2, -0.15) is 5.11 Å². The SMILES string of the molecule is COc1ccc(N=Nc2c(O)cc(O)cc2CO)cc1. The van der Waals surface area contributed by atoms with Crippen molar-refractivity contribution in [1.82, 2.24) is 0 Å². The van der Waals surface area contributed by atoms with Gasteiger partial charge in [-0.3, -0.25) is 0 Å². The van der Waals surface area contributed by atoms with Gasteiger partial charge in [-0.25, -0.2) is 0 Å². The fourth-order valence-corrected chi connectivity index (χ4v) is 1.65. The molecule has 0 aliphatic heterocycles. The predicted molar refractivity (Wildman–Crippen MR) is 72.9 cm³/mol. The van der Waals surface area contributed by atoms with E-state index in [9.17, 15) is 15.3 Å². The Morgan fingerprint density at radius 3 is 2.35 bits per heavy atom. The van der Waals surface area contributed by atoms with Gasteiger partial charge in [0, 0.05) is 11.6 Å². The summed E-state index contributed by atoms with van der Waals surface area (Å²) in [6.07, 6.45) is 0. The van der Waals surface area contributed by atoms with Gasteiger partial charge >= 0.3 is 0 Å². The highest BCUT2D eigenvalue weighted by atomic mass is 16.5. The quantitative estimate of drug-likeness (QED) is 0.747. The molecular formula is C14H14N2O4. The molecule has 0 amide bonds. The second kappa shape index (κ2) is 6.03. The number of rotatable bonds is 4. The number of aliphatic hydroxyl groups excluding tert-OH is 1. The maximum absolute atomic E-state index is 9.72. The summed E-state index contributed by atoms with van der Waals surface area (Å²) < 4.78 is 5.03. The van der Waals surface area contributed by atoms with E-state index >= 15 is 0 Å². The highest BCUT2D eigenvalue weighted by Gasteiger charge is 2.09. The Hall–Kier alpha value is -2.60. The van der Waals surface area contributed by atoms with E-state index in [2.05, 4.69) is 10.2 Å². The van der Waals surface area contributed by atoms with Crippen molar-refractivity contribution in [2.24, 2.45) is 10.2 Å². The van der Waals surface area contributed by atoms with E-state index < -0.39 is 0 Å². The third kappa shape index (κ3) is 3.04. The van der Waals surface area contributed by atoms with Gasteiger partial charge < -0.3 is 20.1 Å². The number of nitrogens with zero attached hydrogens (tertiary/aromatic N) is 2. The first-order valence-electron chi connectivity index (χ1n) is 5.85. The minimum atomic E-state index is -0.362. The molecular weight excluding hydrogens is 260 g/mol. The molecule has 0 fully saturated rings. The topological polar surface area (TPSA) is 94.6 Å². The number of phenolic OH excluding ortho intramolecular Hbond substituents is 2. The second-order valence-corrected chi connectivity index (χ2v) is 4.03. The number of benzene rings is 2. The lowest BCUT2D eigenvalue weighted by molar-refractivity contribution is 0.281. The summed E-state index contributed by atoms with van der Waals surface area (Å²) in [5.41, 5.74) is 0.989. The molecule has 0 heterocycles. The van der Waals surface area contributed by atoms with E-state index in [1.807, 2.05) is 0 Å². The average molecular weight is 274 g/mol. The number of aromatic hydroxyl groups is 2. The fourth-order valence-electron chi connectivity index (χ4n) is 1.65. The van der Waals surface area contributed by atoms with Gasteiger partial charge in [0.25, 0.3) is 0 Å². The number of azo groups is 1. The molecule has 6 heteroatoms. The lowest BCUT2D eigenvalue weighted by Crippen LogP contribution is -1.84. The molecule has 0 bridgehead atoms. The van der Waals surface area contributed by atoms with Gasteiger partial charge in [-0.05, 0) is 30.3 Å². The van der Waals surface area contributed by atoms with Crippen molar-refractivity contribution in [1.29, 1.82) is 0 Å². The molecule has 6 nitrogen and oxygen atoms in total. The highest BCUT2D eigenvalue weighted by molar-refractivity contribution is 5.60. The van der Waals surface area contributed by atoms with Crippen LogP contribution in [0.5, 0.6) is 17.2 Å². The summed E-state index contributed by atoms with van der Waals surface area (Å²) in [6.45, 7) is -0.362. The molecule has 0 radical (unpaired) electrons. The first-order valence-corrected chi connectivity index (χ1v) is 5.85. The molecule has 3 N–H and O–H groups in total. The van der Waals surface area contributed by atoms with Crippen LogP contribution in [0.3, 0.4) is 0 Å². The summed E-state index contributed by atoms with van der Waals surface area (Å²) >= 11 is 0. The summed E-state index contributed by atoms with van der Waals surface area (Å²) in [6, 6.07) is 9.34. The lowest BCUT2D eigenvalue weighted by Gasteiger charge is -2.05. The van der Waals surface area contributed by atoms with Crippen molar-refractivity contribution in [2.45, 2.75) is 6.61 Å². The van der Waals surface area contributed by atoms with Crippen LogP contribution < -0.4 is 4.74 Å². The van der Waals surface area contributed by atoms with Gasteiger partial charge in [0.15, 0.2) is 0 Å². The van der Waals surface area contributed by atoms with E-state index in [4.69, 9.17) is 4.74 Å². The van der Waals surface area contributed by atoms with Crippen molar-refractivity contribution >= 4 is 11.4 Å². The predicted octanol–water partition coefficient (Wildman–Crippen LogP) is 3.01. The number of hydrogen-bond donors (Lipinski definition) is 3. The van der Waals surface area contributed by atoms with Crippen LogP contribution in [0.15, 0.2) is 46.6 Å². The van der Waals surface area contributed by atoms with E-state index in [0.717, 1.165) is 6.07 Å². The molecule has 0 saturated carbocycles. The van der Waals surface area contributed by atoms with Crippen LogP contribution in [0, 0.1) is 0 Å². The van der Waals surface area contributed by atoms with Crippen LogP contribution in [0.4, 0.5) is 11.4 Å². The van der Waals surface area contributed by atoms with Gasteiger partial charge in [-0.1, -0.05) is 0 Å². The zero-order valence-corrected chi connectivity index (χ0v) is 10.8. The maximum atomic E-state index is 9.72. The van der Waals surface area contributed by atoms with Gasteiger partial charge in [0.2, 0.25) is 0 Å². The summed E-state index contributed by atoms with van der Waals surface area (Å²) in [4.78, 5) is 0. The van der Waals surface area contributed by atoms with Gasteiger partial charge in [0.05, 0.1) is 19.4 Å². The van der Waals surface area contributed by atoms with Crippen molar-refractivity contribution in [3.63, 3.8) is 0 Å². The molecule has 104 valence electrons. The van der Waals surface area contributed by atoms with Gasteiger partial charge in [0.1, 0.15) is 22.9 Å². The number of methoxy groups -OCH3 is 1. The van der Waals surface area contributed by atoms with Crippen molar-refractivity contribution in [3.05, 3.63) is 42.0 Å². The smallest absolute Gasteiger partial charge is 0.147 e. The number of hydrogen-bond acceptors (Lipinski definition) is 6. The molecule has 0 saturated heterocycles. The summed E-state index contributed by atoms with van der Waals surface area (Å²) in [5.74, 6) is 0.314. The Kier molecular flexibility index (Phi) is 4.17. The van der Waals surface area contributed by atoms with E-state index in [1.54, 1.807) is 31.4 Å². The molecule has 0 aliphatic carbocycles. The monoisotopic (exact) mass is 274 g/mol. The summed E-state index contributed by atoms with van der Waals surface area (Å²) in [7, 11) is 1.57. The van der Waals surface area contributed by atoms with Crippen LogP contribution in [0.2, 0.25) is 0 Å². The number of aliphatic hydroxyl groups is 1. The number of ether oxygens (including phenoxy) is 1. The van der Waals surface area contributed by atoms with Crippen LogP contribution in [-0.2, 0) is 6.61 Å². The molecule has 0 spiro atoms. The molecule has 0 unspecified atom stereocenters. The molecule has 2 rings (SSSR count). The minimum Gasteiger partial charge on any atom is -0.508 e. The first kappa shape index (κ1) is 13.8. The fraction of sp³-hybridized carbons (Fsp3) is 0.143. The van der Waals surface area contributed by atoms with Crippen molar-refractivity contribution in [2.75, 3.05) is 7.11 Å². The zero-order valence-electron chi connectivity index (χ0n) is 10.8. The third-order valence-corrected chi connectivity index (χ3v) is 2.66. The number of phenols is 2. The standard InChI is InChI=1S/C14H14N2O4/c1-20-12-4-2-10(3-5-12)15-16-14-9(8-17)6-11(18)7-13(14)19/h2-7,17-19H,8H2,1H3. The van der Waals surface area contributed by atoms with Crippen molar-refractivity contribution in [3.8, 4) is 17.2 Å². The molecule has 0 aromatic heterocycles. The average Bonchev–Trinajstić information content (AvgIpc) is 2.46. The lowest BCUT2D eigenvalue weighted by atomic mass is 10.1. The van der Waals surface area contributed by atoms with E-state index in [0.29, 0.717) is 17.0 Å². The van der Waals surface area contributed by atoms with E-state index in [-0.39, 0.29) is 23.8 Å². The Morgan fingerprint density at radius 1 is 1.05 bits per heavy atom.